The van der Waals surface area contributed by atoms with Gasteiger partial charge in [0.15, 0.2) is 5.16 Å². The fraction of sp³-hybridized carbons (Fsp3) is 0.308. The van der Waals surface area contributed by atoms with Crippen LogP contribution in [-0.2, 0) is 7.05 Å². The predicted molar refractivity (Wildman–Crippen MR) is 69.0 cm³/mol. The summed E-state index contributed by atoms with van der Waals surface area (Å²) in [5, 5.41) is 10.9. The molecule has 0 bridgehead atoms. The molecule has 0 fully saturated rings. The Morgan fingerprint density at radius 2 is 2.18 bits per heavy atom. The molecule has 1 aromatic carbocycles. The van der Waals surface area contributed by atoms with Crippen LogP contribution in [0.4, 0.5) is 0 Å². The third-order valence-corrected chi connectivity index (χ3v) is 3.81. The van der Waals surface area contributed by atoms with Gasteiger partial charge in [-0.05, 0) is 18.1 Å². The molecule has 17 heavy (non-hydrogen) atoms. The fourth-order valence-corrected chi connectivity index (χ4v) is 2.60. The highest BCUT2D eigenvalue weighted by Crippen LogP contribution is 2.32. The Kier molecular flexibility index (Phi) is 3.86. The molecule has 1 aromatic heterocycles. The number of aryl methyl sites for hydroxylation is 1. The van der Waals surface area contributed by atoms with Crippen molar-refractivity contribution >= 4 is 11.8 Å². The van der Waals surface area contributed by atoms with Gasteiger partial charge in [0.2, 0.25) is 0 Å². The van der Waals surface area contributed by atoms with E-state index < -0.39 is 6.10 Å². The lowest BCUT2D eigenvalue weighted by atomic mass is 10.1. The maximum Gasteiger partial charge on any atom is 0.172 e. The van der Waals surface area contributed by atoms with Crippen molar-refractivity contribution in [2.24, 2.45) is 7.05 Å². The van der Waals surface area contributed by atoms with Gasteiger partial charge in [0.1, 0.15) is 0 Å². The zero-order valence-corrected chi connectivity index (χ0v) is 10.8. The molecule has 0 aliphatic rings. The van der Waals surface area contributed by atoms with Crippen molar-refractivity contribution < 1.29 is 5.11 Å². The highest BCUT2D eigenvalue weighted by molar-refractivity contribution is 7.99. The summed E-state index contributed by atoms with van der Waals surface area (Å²) in [7, 11) is 1.97. The summed E-state index contributed by atoms with van der Waals surface area (Å²) < 4.78 is 1.97. The minimum absolute atomic E-state index is 0.404. The van der Waals surface area contributed by atoms with Gasteiger partial charge < -0.3 is 9.67 Å². The van der Waals surface area contributed by atoms with Crippen LogP contribution in [0.3, 0.4) is 0 Å². The van der Waals surface area contributed by atoms with Gasteiger partial charge >= 0.3 is 0 Å². The van der Waals surface area contributed by atoms with E-state index >= 15 is 0 Å². The molecule has 4 heteroatoms. The third kappa shape index (κ3) is 2.70. The van der Waals surface area contributed by atoms with Crippen molar-refractivity contribution in [3.8, 4) is 0 Å². The topological polar surface area (TPSA) is 38.1 Å². The first kappa shape index (κ1) is 12.2. The molecule has 3 nitrogen and oxygen atoms in total. The quantitative estimate of drug-likeness (QED) is 0.904. The van der Waals surface area contributed by atoms with Crippen molar-refractivity contribution in [2.75, 3.05) is 0 Å². The largest absolute Gasteiger partial charge is 0.388 e. The average molecular weight is 248 g/mol. The van der Waals surface area contributed by atoms with E-state index in [9.17, 15) is 5.11 Å². The maximum atomic E-state index is 9.97. The molecular formula is C13H16N2OS. The maximum absolute atomic E-state index is 9.97. The van der Waals surface area contributed by atoms with Crippen molar-refractivity contribution in [3.05, 3.63) is 42.2 Å². The van der Waals surface area contributed by atoms with Gasteiger partial charge in [0, 0.05) is 24.3 Å². The standard InChI is InChI=1S/C13H16N2OS/c1-3-11(16)10-6-4-5-7-12(10)17-13-14-8-9-15(13)2/h4-9,11,16H,3H2,1-2H3/t11-/m1/s1. The molecule has 2 rings (SSSR count). The van der Waals surface area contributed by atoms with Gasteiger partial charge in [-0.2, -0.15) is 0 Å². The number of hydrogen-bond donors (Lipinski definition) is 1. The zero-order valence-electron chi connectivity index (χ0n) is 10.00. The highest BCUT2D eigenvalue weighted by Gasteiger charge is 2.12. The fourth-order valence-electron chi connectivity index (χ4n) is 1.62. The van der Waals surface area contributed by atoms with Crippen molar-refractivity contribution in [1.82, 2.24) is 9.55 Å². The van der Waals surface area contributed by atoms with Crippen LogP contribution >= 0.6 is 11.8 Å². The number of aliphatic hydroxyl groups is 1. The van der Waals surface area contributed by atoms with E-state index in [1.165, 1.54) is 0 Å². The number of imidazole rings is 1. The van der Waals surface area contributed by atoms with Crippen molar-refractivity contribution in [1.29, 1.82) is 0 Å². The summed E-state index contributed by atoms with van der Waals surface area (Å²) >= 11 is 1.58. The van der Waals surface area contributed by atoms with Crippen molar-refractivity contribution in [2.45, 2.75) is 29.5 Å². The zero-order chi connectivity index (χ0) is 12.3. The molecule has 0 aliphatic heterocycles. The first-order valence-electron chi connectivity index (χ1n) is 5.64. The van der Waals surface area contributed by atoms with Gasteiger partial charge in [-0.3, -0.25) is 0 Å². The molecule has 0 radical (unpaired) electrons. The summed E-state index contributed by atoms with van der Waals surface area (Å²) in [4.78, 5) is 5.35. The second kappa shape index (κ2) is 5.38. The monoisotopic (exact) mass is 248 g/mol. The van der Waals surface area contributed by atoms with Crippen LogP contribution < -0.4 is 0 Å². The van der Waals surface area contributed by atoms with Crippen LogP contribution in [-0.4, -0.2) is 14.7 Å². The van der Waals surface area contributed by atoms with Crippen LogP contribution in [0.25, 0.3) is 0 Å². The molecule has 0 spiro atoms. The number of aromatic nitrogens is 2. The Morgan fingerprint density at radius 1 is 1.41 bits per heavy atom. The van der Waals surface area contributed by atoms with Gasteiger partial charge in [-0.1, -0.05) is 36.9 Å². The van der Waals surface area contributed by atoms with Gasteiger partial charge in [0.05, 0.1) is 6.10 Å². The third-order valence-electron chi connectivity index (χ3n) is 2.64. The number of aliphatic hydroxyl groups excluding tert-OH is 1. The lowest BCUT2D eigenvalue weighted by Crippen LogP contribution is -1.98. The molecule has 0 saturated carbocycles. The van der Waals surface area contributed by atoms with Crippen molar-refractivity contribution in [3.63, 3.8) is 0 Å². The van der Waals surface area contributed by atoms with Gasteiger partial charge in [0.25, 0.3) is 0 Å². The number of nitrogens with zero attached hydrogens (tertiary/aromatic N) is 2. The van der Waals surface area contributed by atoms with Gasteiger partial charge in [-0.25, -0.2) is 4.98 Å². The first-order chi connectivity index (χ1) is 8.22. The van der Waals surface area contributed by atoms with Crippen LogP contribution in [0.2, 0.25) is 0 Å². The minimum Gasteiger partial charge on any atom is -0.388 e. The molecule has 0 saturated heterocycles. The SMILES string of the molecule is CC[C@@H](O)c1ccccc1Sc1nccn1C. The lowest BCUT2D eigenvalue weighted by Gasteiger charge is -2.13. The summed E-state index contributed by atoms with van der Waals surface area (Å²) in [6.45, 7) is 1.98. The summed E-state index contributed by atoms with van der Waals surface area (Å²) in [5.74, 6) is 0. The van der Waals surface area contributed by atoms with E-state index in [0.717, 1.165) is 22.0 Å². The Hall–Kier alpha value is -1.26. The molecule has 0 unspecified atom stereocenters. The van der Waals surface area contributed by atoms with E-state index in [2.05, 4.69) is 4.98 Å². The Labute approximate surface area is 106 Å². The second-order valence-corrected chi connectivity index (χ2v) is 4.89. The molecular weight excluding hydrogens is 232 g/mol. The van der Waals surface area contributed by atoms with Crippen LogP contribution in [0, 0.1) is 0 Å². The Bertz CT molecular complexity index is 496. The number of rotatable bonds is 4. The first-order valence-corrected chi connectivity index (χ1v) is 6.46. The van der Waals surface area contributed by atoms with E-state index in [1.54, 1.807) is 18.0 Å². The molecule has 0 amide bonds. The molecule has 1 N–H and O–H groups in total. The number of hydrogen-bond acceptors (Lipinski definition) is 3. The summed E-state index contributed by atoms with van der Waals surface area (Å²) in [6, 6.07) is 7.93. The lowest BCUT2D eigenvalue weighted by molar-refractivity contribution is 0.171. The predicted octanol–water partition coefficient (Wildman–Crippen LogP) is 3.01. The normalized spacial score (nSPS) is 12.6. The van der Waals surface area contributed by atoms with Crippen LogP contribution in [0.1, 0.15) is 25.0 Å². The minimum atomic E-state index is -0.404. The van der Waals surface area contributed by atoms with E-state index in [1.807, 2.05) is 49.0 Å². The molecule has 0 aliphatic carbocycles. The molecule has 90 valence electrons. The number of benzene rings is 1. The molecule has 1 atom stereocenters. The summed E-state index contributed by atoms with van der Waals surface area (Å²) in [5.41, 5.74) is 0.975. The van der Waals surface area contributed by atoms with E-state index in [4.69, 9.17) is 0 Å². The highest BCUT2D eigenvalue weighted by atomic mass is 32.2. The molecule has 2 aromatic rings. The summed E-state index contributed by atoms with van der Waals surface area (Å²) in [6.07, 6.45) is 4.01. The second-order valence-electron chi connectivity index (χ2n) is 3.88. The molecule has 1 heterocycles. The van der Waals surface area contributed by atoms with E-state index in [-0.39, 0.29) is 0 Å². The average Bonchev–Trinajstić information content (AvgIpc) is 2.75. The van der Waals surface area contributed by atoms with E-state index in [0.29, 0.717) is 0 Å². The van der Waals surface area contributed by atoms with Crippen LogP contribution in [0.5, 0.6) is 0 Å². The smallest absolute Gasteiger partial charge is 0.172 e. The Morgan fingerprint density at radius 3 is 2.82 bits per heavy atom. The van der Waals surface area contributed by atoms with Crippen LogP contribution in [0.15, 0.2) is 46.7 Å². The van der Waals surface area contributed by atoms with Gasteiger partial charge in [-0.15, -0.1) is 0 Å². The Balaban J connectivity index is 2.30.